The van der Waals surface area contributed by atoms with E-state index in [-0.39, 0.29) is 24.0 Å². The molecule has 0 bridgehead atoms. The largest absolute Gasteiger partial charge is 0.493 e. The molecule has 6 nitrogen and oxygen atoms in total. The van der Waals surface area contributed by atoms with Crippen LogP contribution >= 0.6 is 24.0 Å². The Hall–Kier alpha value is -1.06. The van der Waals surface area contributed by atoms with Crippen molar-refractivity contribution in [3.63, 3.8) is 0 Å². The first-order valence-corrected chi connectivity index (χ1v) is 11.1. The molecule has 30 heavy (non-hydrogen) atoms. The molecule has 0 atom stereocenters. The minimum Gasteiger partial charge on any atom is -0.493 e. The minimum absolute atomic E-state index is 0. The summed E-state index contributed by atoms with van der Waals surface area (Å²) in [4.78, 5) is 7.06. The van der Waals surface area contributed by atoms with Gasteiger partial charge in [0.05, 0.1) is 6.61 Å². The zero-order valence-electron chi connectivity index (χ0n) is 18.8. The topological polar surface area (TPSA) is 58.1 Å². The van der Waals surface area contributed by atoms with Crippen LogP contribution in [0.5, 0.6) is 5.75 Å². The number of benzene rings is 1. The number of aliphatic imine (C=N–C) groups is 1. The lowest BCUT2D eigenvalue weighted by molar-refractivity contribution is 0.171. The number of nitrogens with zero attached hydrogens (tertiary/aromatic N) is 2. The van der Waals surface area contributed by atoms with E-state index in [1.807, 2.05) is 7.05 Å². The average Bonchev–Trinajstić information content (AvgIpc) is 3.62. The molecule has 0 aliphatic heterocycles. The third-order valence-electron chi connectivity index (χ3n) is 5.59. The number of halogens is 1. The number of rotatable bonds is 13. The Kier molecular flexibility index (Phi) is 11.2. The maximum Gasteiger partial charge on any atom is 0.191 e. The highest BCUT2D eigenvalue weighted by molar-refractivity contribution is 14.0. The van der Waals surface area contributed by atoms with Crippen molar-refractivity contribution in [3.05, 3.63) is 29.3 Å². The van der Waals surface area contributed by atoms with Crippen molar-refractivity contribution in [1.29, 1.82) is 0 Å². The van der Waals surface area contributed by atoms with E-state index in [1.165, 1.54) is 37.8 Å². The van der Waals surface area contributed by atoms with E-state index in [0.717, 1.165) is 48.7 Å². The van der Waals surface area contributed by atoms with Gasteiger partial charge in [-0.15, -0.1) is 24.0 Å². The molecule has 3 rings (SSSR count). The van der Waals surface area contributed by atoms with Crippen LogP contribution in [0, 0.1) is 12.8 Å². The first-order valence-electron chi connectivity index (χ1n) is 11.1. The average molecular weight is 530 g/mol. The molecule has 2 aliphatic rings. The van der Waals surface area contributed by atoms with E-state index in [1.54, 1.807) is 7.11 Å². The van der Waals surface area contributed by atoms with Gasteiger partial charge in [0.1, 0.15) is 5.75 Å². The van der Waals surface area contributed by atoms with Crippen LogP contribution < -0.4 is 15.4 Å². The van der Waals surface area contributed by atoms with Crippen LogP contribution in [0.2, 0.25) is 0 Å². The SMILES string of the molecule is CN=C(NCCN(CC1CC1)C1CC1)NCc1ccc(C)cc1OCCCOC.I. The molecule has 2 saturated carbocycles. The predicted octanol–water partition coefficient (Wildman–Crippen LogP) is 3.57. The third kappa shape index (κ3) is 8.98. The van der Waals surface area contributed by atoms with Gasteiger partial charge in [0.2, 0.25) is 0 Å². The molecule has 0 spiro atoms. The van der Waals surface area contributed by atoms with Gasteiger partial charge in [-0.25, -0.2) is 0 Å². The molecule has 2 fully saturated rings. The molecular formula is C23H39IN4O2. The molecule has 0 unspecified atom stereocenters. The number of ether oxygens (including phenoxy) is 2. The van der Waals surface area contributed by atoms with Gasteiger partial charge >= 0.3 is 0 Å². The first-order chi connectivity index (χ1) is 14.2. The van der Waals surface area contributed by atoms with E-state index >= 15 is 0 Å². The van der Waals surface area contributed by atoms with Gasteiger partial charge in [-0.05, 0) is 50.2 Å². The fourth-order valence-electron chi connectivity index (χ4n) is 3.54. The second kappa shape index (κ2) is 13.4. The Balaban J connectivity index is 0.00000320. The molecule has 1 aromatic rings. The molecule has 2 N–H and O–H groups in total. The van der Waals surface area contributed by atoms with Crippen LogP contribution in [-0.2, 0) is 11.3 Å². The van der Waals surface area contributed by atoms with Crippen molar-refractivity contribution in [2.45, 2.75) is 51.6 Å². The fourth-order valence-corrected chi connectivity index (χ4v) is 3.54. The lowest BCUT2D eigenvalue weighted by atomic mass is 10.1. The summed E-state index contributed by atoms with van der Waals surface area (Å²) in [6.45, 7) is 7.47. The summed E-state index contributed by atoms with van der Waals surface area (Å²) in [5.74, 6) is 2.74. The van der Waals surface area contributed by atoms with Gasteiger partial charge in [-0.1, -0.05) is 12.1 Å². The highest BCUT2D eigenvalue weighted by atomic mass is 127. The number of hydrogen-bond donors (Lipinski definition) is 2. The molecule has 2 aliphatic carbocycles. The number of guanidine groups is 1. The van der Waals surface area contributed by atoms with Crippen molar-refractivity contribution >= 4 is 29.9 Å². The summed E-state index contributed by atoms with van der Waals surface area (Å²) in [6, 6.07) is 7.19. The Morgan fingerprint density at radius 3 is 2.63 bits per heavy atom. The van der Waals surface area contributed by atoms with Crippen LogP contribution in [0.3, 0.4) is 0 Å². The Morgan fingerprint density at radius 2 is 1.97 bits per heavy atom. The third-order valence-corrected chi connectivity index (χ3v) is 5.59. The molecule has 1 aromatic carbocycles. The van der Waals surface area contributed by atoms with E-state index in [2.05, 4.69) is 45.6 Å². The highest BCUT2D eigenvalue weighted by Gasteiger charge is 2.33. The summed E-state index contributed by atoms with van der Waals surface area (Å²) in [5, 5.41) is 6.91. The zero-order chi connectivity index (χ0) is 20.5. The molecule has 0 saturated heterocycles. The molecule has 7 heteroatoms. The second-order valence-electron chi connectivity index (χ2n) is 8.33. The molecule has 170 valence electrons. The lowest BCUT2D eigenvalue weighted by Gasteiger charge is -2.22. The summed E-state index contributed by atoms with van der Waals surface area (Å²) in [5.41, 5.74) is 2.35. The normalized spacial score (nSPS) is 16.3. The van der Waals surface area contributed by atoms with Crippen molar-refractivity contribution in [3.8, 4) is 5.75 Å². The second-order valence-corrected chi connectivity index (χ2v) is 8.33. The van der Waals surface area contributed by atoms with Crippen LogP contribution in [0.25, 0.3) is 0 Å². The van der Waals surface area contributed by atoms with Crippen molar-refractivity contribution < 1.29 is 9.47 Å². The number of aryl methyl sites for hydroxylation is 1. The maximum atomic E-state index is 5.99. The molecule has 0 amide bonds. The number of methoxy groups -OCH3 is 1. The van der Waals surface area contributed by atoms with E-state index < -0.39 is 0 Å². The van der Waals surface area contributed by atoms with E-state index in [9.17, 15) is 0 Å². The van der Waals surface area contributed by atoms with Crippen LogP contribution in [0.4, 0.5) is 0 Å². The van der Waals surface area contributed by atoms with Crippen molar-refractivity contribution in [2.75, 3.05) is 47.0 Å². The monoisotopic (exact) mass is 530 g/mol. The van der Waals surface area contributed by atoms with Crippen LogP contribution in [0.1, 0.15) is 43.2 Å². The van der Waals surface area contributed by atoms with Gasteiger partial charge in [0.25, 0.3) is 0 Å². The zero-order valence-corrected chi connectivity index (χ0v) is 21.1. The smallest absolute Gasteiger partial charge is 0.191 e. The van der Waals surface area contributed by atoms with Gasteiger partial charge in [0, 0.05) is 65.0 Å². The minimum atomic E-state index is 0. The predicted molar refractivity (Wildman–Crippen MR) is 134 cm³/mol. The summed E-state index contributed by atoms with van der Waals surface area (Å²) < 4.78 is 11.1. The molecular weight excluding hydrogens is 491 g/mol. The molecule has 0 aromatic heterocycles. The molecule has 0 heterocycles. The number of nitrogens with one attached hydrogen (secondary N) is 2. The Bertz CT molecular complexity index is 663. The first kappa shape index (κ1) is 25.2. The summed E-state index contributed by atoms with van der Waals surface area (Å²) in [7, 11) is 3.55. The van der Waals surface area contributed by atoms with Gasteiger partial charge in [0.15, 0.2) is 5.96 Å². The van der Waals surface area contributed by atoms with E-state index in [4.69, 9.17) is 9.47 Å². The van der Waals surface area contributed by atoms with Gasteiger partial charge < -0.3 is 20.1 Å². The van der Waals surface area contributed by atoms with E-state index in [0.29, 0.717) is 19.8 Å². The summed E-state index contributed by atoms with van der Waals surface area (Å²) in [6.07, 6.45) is 6.48. The molecule has 0 radical (unpaired) electrons. The maximum absolute atomic E-state index is 5.99. The van der Waals surface area contributed by atoms with Crippen LogP contribution in [0.15, 0.2) is 23.2 Å². The quantitative estimate of drug-likeness (QED) is 0.177. The van der Waals surface area contributed by atoms with Crippen molar-refractivity contribution in [2.24, 2.45) is 10.9 Å². The van der Waals surface area contributed by atoms with Crippen molar-refractivity contribution in [1.82, 2.24) is 15.5 Å². The van der Waals surface area contributed by atoms with Gasteiger partial charge in [-0.3, -0.25) is 9.89 Å². The standard InChI is InChI=1S/C23H38N4O2.HI/c1-18-5-8-20(22(15-18)29-14-4-13-28-3)16-26-23(24-2)25-11-12-27(21-9-10-21)17-19-6-7-19;/h5,8,15,19,21H,4,6-7,9-14,16-17H2,1-3H3,(H2,24,25,26);1H. The van der Waals surface area contributed by atoms with Gasteiger partial charge in [-0.2, -0.15) is 0 Å². The summed E-state index contributed by atoms with van der Waals surface area (Å²) >= 11 is 0. The fraction of sp³-hybridized carbons (Fsp3) is 0.696. The number of hydrogen-bond acceptors (Lipinski definition) is 4. The van der Waals surface area contributed by atoms with Crippen LogP contribution in [-0.4, -0.2) is 63.9 Å². The Labute approximate surface area is 199 Å². The lowest BCUT2D eigenvalue weighted by Crippen LogP contribution is -2.42. The highest BCUT2D eigenvalue weighted by Crippen LogP contribution is 2.34. The Morgan fingerprint density at radius 1 is 1.17 bits per heavy atom.